The van der Waals surface area contributed by atoms with Crippen molar-refractivity contribution in [3.63, 3.8) is 0 Å². The largest absolute Gasteiger partial charge is 0.480 e. The molecule has 5 atom stereocenters. The zero-order valence-corrected chi connectivity index (χ0v) is 17.5. The van der Waals surface area contributed by atoms with E-state index in [2.05, 4.69) is 10.6 Å². The average molecular weight is 452 g/mol. The van der Waals surface area contributed by atoms with Crippen molar-refractivity contribution in [3.8, 4) is 0 Å². The molecule has 0 heterocycles. The molecule has 0 aliphatic carbocycles. The summed E-state index contributed by atoms with van der Waals surface area (Å²) in [6, 6.07) is -5.60. The van der Waals surface area contributed by atoms with Crippen LogP contribution in [0.1, 0.15) is 19.8 Å². The molecule has 14 heteroatoms. The van der Waals surface area contributed by atoms with Crippen molar-refractivity contribution < 1.29 is 39.3 Å². The molecule has 0 radical (unpaired) electrons. The van der Waals surface area contributed by atoms with Gasteiger partial charge in [0.1, 0.15) is 12.1 Å². The molecule has 10 N–H and O–H groups in total. The number of rotatable bonds is 14. The van der Waals surface area contributed by atoms with E-state index in [1.807, 2.05) is 5.32 Å². The first-order chi connectivity index (χ1) is 13.9. The summed E-state index contributed by atoms with van der Waals surface area (Å²) in [7, 11) is 0. The average Bonchev–Trinajstić information content (AvgIpc) is 2.65. The molecule has 30 heavy (non-hydrogen) atoms. The van der Waals surface area contributed by atoms with Crippen LogP contribution in [0.25, 0.3) is 0 Å². The molecule has 0 saturated carbocycles. The second kappa shape index (κ2) is 13.7. The van der Waals surface area contributed by atoms with Crippen LogP contribution in [0, 0.1) is 0 Å². The van der Waals surface area contributed by atoms with E-state index in [1.165, 1.54) is 11.8 Å². The first kappa shape index (κ1) is 27.6. The number of nitrogens with one attached hydrogen (secondary N) is 3. The molecule has 0 aliphatic heterocycles. The van der Waals surface area contributed by atoms with Gasteiger partial charge in [-0.3, -0.25) is 19.2 Å². The van der Waals surface area contributed by atoms with E-state index in [0.717, 1.165) is 6.92 Å². The highest BCUT2D eigenvalue weighted by molar-refractivity contribution is 7.98. The number of hydrogen-bond donors (Lipinski definition) is 8. The van der Waals surface area contributed by atoms with Crippen molar-refractivity contribution >= 4 is 41.4 Å². The highest BCUT2D eigenvalue weighted by atomic mass is 32.2. The van der Waals surface area contributed by atoms with Crippen molar-refractivity contribution in [2.45, 2.75) is 50.0 Å². The Morgan fingerprint density at radius 3 is 1.97 bits per heavy atom. The van der Waals surface area contributed by atoms with Crippen molar-refractivity contribution in [3.05, 3.63) is 0 Å². The molecule has 0 aromatic heterocycles. The SMILES string of the molecule is CSCCC(NC(=O)C(N)CC(N)=O)C(=O)NC(CO)C(=O)NC(C(=O)O)C(C)O. The minimum absolute atomic E-state index is 0.146. The van der Waals surface area contributed by atoms with E-state index in [1.54, 1.807) is 6.26 Å². The number of aliphatic hydroxyl groups is 2. The van der Waals surface area contributed by atoms with Crippen LogP contribution in [-0.4, -0.2) is 93.8 Å². The lowest BCUT2D eigenvalue weighted by molar-refractivity contribution is -0.145. The highest BCUT2D eigenvalue weighted by Crippen LogP contribution is 2.03. The first-order valence-corrected chi connectivity index (χ1v) is 10.3. The fourth-order valence-electron chi connectivity index (χ4n) is 2.20. The molecule has 0 spiro atoms. The molecule has 172 valence electrons. The topological polar surface area (TPSA) is 234 Å². The van der Waals surface area contributed by atoms with Gasteiger partial charge < -0.3 is 42.7 Å². The van der Waals surface area contributed by atoms with Crippen molar-refractivity contribution in [1.82, 2.24) is 16.0 Å². The summed E-state index contributed by atoms with van der Waals surface area (Å²) in [6.07, 6.45) is 0.0525. The van der Waals surface area contributed by atoms with Crippen LogP contribution in [0.3, 0.4) is 0 Å². The van der Waals surface area contributed by atoms with Crippen molar-refractivity contribution in [1.29, 1.82) is 0 Å². The molecule has 13 nitrogen and oxygen atoms in total. The summed E-state index contributed by atoms with van der Waals surface area (Å²) in [4.78, 5) is 58.8. The lowest BCUT2D eigenvalue weighted by atomic mass is 10.1. The van der Waals surface area contributed by atoms with Gasteiger partial charge in [0.2, 0.25) is 23.6 Å². The molecule has 0 aromatic rings. The van der Waals surface area contributed by atoms with Gasteiger partial charge in [-0.2, -0.15) is 11.8 Å². The van der Waals surface area contributed by atoms with Crippen LogP contribution < -0.4 is 27.4 Å². The second-order valence-electron chi connectivity index (χ2n) is 6.43. The minimum atomic E-state index is -1.65. The Hall–Kier alpha value is -2.42. The number of nitrogens with two attached hydrogens (primary N) is 2. The van der Waals surface area contributed by atoms with Crippen molar-refractivity contribution in [2.75, 3.05) is 18.6 Å². The van der Waals surface area contributed by atoms with Gasteiger partial charge in [-0.15, -0.1) is 0 Å². The van der Waals surface area contributed by atoms with Crippen LogP contribution in [-0.2, 0) is 24.0 Å². The van der Waals surface area contributed by atoms with E-state index in [-0.39, 0.29) is 6.42 Å². The van der Waals surface area contributed by atoms with Gasteiger partial charge in [-0.25, -0.2) is 4.79 Å². The number of carbonyl (C=O) groups is 5. The number of carbonyl (C=O) groups excluding carboxylic acids is 4. The van der Waals surface area contributed by atoms with Gasteiger partial charge in [-0.1, -0.05) is 0 Å². The lowest BCUT2D eigenvalue weighted by Gasteiger charge is -2.24. The Morgan fingerprint density at radius 1 is 1.00 bits per heavy atom. The third kappa shape index (κ3) is 9.87. The van der Waals surface area contributed by atoms with Crippen LogP contribution in [0.2, 0.25) is 0 Å². The number of amides is 4. The van der Waals surface area contributed by atoms with Crippen LogP contribution in [0.5, 0.6) is 0 Å². The van der Waals surface area contributed by atoms with Gasteiger partial charge in [0.15, 0.2) is 6.04 Å². The molecular weight excluding hydrogens is 422 g/mol. The van der Waals surface area contributed by atoms with Gasteiger partial charge in [0.05, 0.1) is 25.2 Å². The van der Waals surface area contributed by atoms with Crippen LogP contribution in [0.4, 0.5) is 0 Å². The summed E-state index contributed by atoms with van der Waals surface area (Å²) in [5, 5.41) is 34.4. The number of thioether (sulfide) groups is 1. The first-order valence-electron chi connectivity index (χ1n) is 8.90. The van der Waals surface area contributed by atoms with Gasteiger partial charge in [0.25, 0.3) is 0 Å². The summed E-state index contributed by atoms with van der Waals surface area (Å²) in [5.41, 5.74) is 10.5. The number of aliphatic carboxylic acids is 1. The maximum absolute atomic E-state index is 12.5. The number of aliphatic hydroxyl groups excluding tert-OH is 2. The molecular formula is C16H29N5O8S. The molecule has 4 amide bonds. The Kier molecular flexibility index (Phi) is 12.6. The van der Waals surface area contributed by atoms with E-state index in [0.29, 0.717) is 5.75 Å². The predicted octanol–water partition coefficient (Wildman–Crippen LogP) is -4.15. The summed E-state index contributed by atoms with van der Waals surface area (Å²) in [6.45, 7) is 0.281. The molecule has 0 aliphatic rings. The molecule has 5 unspecified atom stereocenters. The van der Waals surface area contributed by atoms with Gasteiger partial charge in [-0.05, 0) is 25.4 Å². The van der Waals surface area contributed by atoms with Gasteiger partial charge in [0, 0.05) is 0 Å². The fourth-order valence-corrected chi connectivity index (χ4v) is 2.67. The Balaban J connectivity index is 5.20. The highest BCUT2D eigenvalue weighted by Gasteiger charge is 2.31. The predicted molar refractivity (Wildman–Crippen MR) is 107 cm³/mol. The Morgan fingerprint density at radius 2 is 1.53 bits per heavy atom. The standard InChI is InChI=1S/C16H29N5O8S/c1-7(23)12(16(28)29)21-15(27)10(6-22)20-14(26)9(3-4-30-2)19-13(25)8(17)5-11(18)24/h7-10,12,22-23H,3-6,17H2,1-2H3,(H2,18,24)(H,19,25)(H,20,26)(H,21,27)(H,28,29). The quantitative estimate of drug-likeness (QED) is 0.127. The maximum Gasteiger partial charge on any atom is 0.328 e. The maximum atomic E-state index is 12.5. The van der Waals surface area contributed by atoms with E-state index in [9.17, 15) is 34.2 Å². The number of carboxylic acid groups (broad SMARTS) is 1. The van der Waals surface area contributed by atoms with Crippen LogP contribution in [0.15, 0.2) is 0 Å². The Labute approximate surface area is 177 Å². The van der Waals surface area contributed by atoms with E-state index >= 15 is 0 Å². The summed E-state index contributed by atoms with van der Waals surface area (Å²) < 4.78 is 0. The zero-order chi connectivity index (χ0) is 23.4. The number of primary amides is 1. The molecule has 0 rings (SSSR count). The monoisotopic (exact) mass is 451 g/mol. The third-order valence-corrected chi connectivity index (χ3v) is 4.51. The summed E-state index contributed by atoms with van der Waals surface area (Å²) >= 11 is 1.38. The smallest absolute Gasteiger partial charge is 0.328 e. The van der Waals surface area contributed by atoms with Crippen molar-refractivity contribution in [2.24, 2.45) is 11.5 Å². The normalized spacial score (nSPS) is 15.8. The second-order valence-corrected chi connectivity index (χ2v) is 7.41. The van der Waals surface area contributed by atoms with E-state index < -0.39 is 72.9 Å². The lowest BCUT2D eigenvalue weighted by Crippen LogP contribution is -2.59. The molecule has 0 bridgehead atoms. The zero-order valence-electron chi connectivity index (χ0n) is 16.7. The molecule has 0 saturated heterocycles. The number of hydrogen-bond acceptors (Lipinski definition) is 9. The Bertz CT molecular complexity index is 633. The third-order valence-electron chi connectivity index (χ3n) is 3.86. The van der Waals surface area contributed by atoms with E-state index in [4.69, 9.17) is 16.6 Å². The van der Waals surface area contributed by atoms with Crippen LogP contribution >= 0.6 is 11.8 Å². The van der Waals surface area contributed by atoms with Gasteiger partial charge >= 0.3 is 5.97 Å². The molecule has 0 aromatic carbocycles. The number of carboxylic acids is 1. The minimum Gasteiger partial charge on any atom is -0.480 e. The fraction of sp³-hybridized carbons (Fsp3) is 0.688. The molecule has 0 fully saturated rings. The summed E-state index contributed by atoms with van der Waals surface area (Å²) in [5.74, 6) is -4.54.